The largest absolute Gasteiger partial charge is 0.466 e. The maximum atomic E-state index is 10.3. The Bertz CT molecular complexity index is 647. The third-order valence-electron chi connectivity index (χ3n) is 2.65. The van der Waals surface area contributed by atoms with Crippen LogP contribution < -0.4 is 0 Å². The summed E-state index contributed by atoms with van der Waals surface area (Å²) in [6.45, 7) is 19.7. The monoisotopic (exact) mass is 372 g/mol. The first-order chi connectivity index (χ1) is 12.4. The Morgan fingerprint density at radius 1 is 0.963 bits per heavy atom. The Hall–Kier alpha value is -2.88. The van der Waals surface area contributed by atoms with E-state index in [9.17, 15) is 9.59 Å². The first-order valence-corrected chi connectivity index (χ1v) is 8.40. The normalized spacial score (nSPS) is 9.70. The molecule has 0 atom stereocenters. The molecule has 0 bridgehead atoms. The summed E-state index contributed by atoms with van der Waals surface area (Å²) in [5, 5.41) is 0. The predicted octanol–water partition coefficient (Wildman–Crippen LogP) is 5.73. The molecule has 0 aliphatic heterocycles. The fraction of sp³-hybridized carbons (Fsp3) is 0.304. The molecule has 0 saturated carbocycles. The molecule has 27 heavy (non-hydrogen) atoms. The third-order valence-corrected chi connectivity index (χ3v) is 2.65. The number of carbonyl (C=O) groups excluding carboxylic acids is 2. The maximum absolute atomic E-state index is 10.3. The van der Waals surface area contributed by atoms with Crippen LogP contribution in [0.3, 0.4) is 0 Å². The first-order valence-electron chi connectivity index (χ1n) is 8.40. The van der Waals surface area contributed by atoms with Crippen LogP contribution in [0.15, 0.2) is 73.6 Å². The predicted molar refractivity (Wildman–Crippen MR) is 113 cm³/mol. The van der Waals surface area contributed by atoms with E-state index in [0.717, 1.165) is 6.26 Å². The zero-order valence-electron chi connectivity index (χ0n) is 17.4. The van der Waals surface area contributed by atoms with E-state index in [1.807, 2.05) is 6.07 Å². The minimum absolute atomic E-state index is 0.274. The minimum Gasteiger partial charge on any atom is -0.466 e. The molecule has 1 rings (SSSR count). The number of ether oxygens (including phenoxy) is 2. The maximum Gasteiger partial charge on any atom is 0.337 e. The van der Waals surface area contributed by atoms with Crippen molar-refractivity contribution in [2.24, 2.45) is 5.41 Å². The molecule has 0 N–H and O–H groups in total. The van der Waals surface area contributed by atoms with Gasteiger partial charge >= 0.3 is 11.9 Å². The number of carbonyl (C=O) groups is 2. The molecule has 0 unspecified atom stereocenters. The highest BCUT2D eigenvalue weighted by Gasteiger charge is 2.02. The number of methoxy groups -OCH3 is 1. The molecular formula is C23H32O4. The lowest BCUT2D eigenvalue weighted by Gasteiger charge is -2.10. The number of esters is 2. The molecule has 0 fully saturated rings. The lowest BCUT2D eigenvalue weighted by molar-refractivity contribution is -0.136. The van der Waals surface area contributed by atoms with Gasteiger partial charge in [-0.3, -0.25) is 0 Å². The summed E-state index contributed by atoms with van der Waals surface area (Å²) in [4.78, 5) is 20.5. The lowest BCUT2D eigenvalue weighted by atomic mass is 9.95. The summed E-state index contributed by atoms with van der Waals surface area (Å²) < 4.78 is 8.60. The van der Waals surface area contributed by atoms with E-state index in [1.54, 1.807) is 13.8 Å². The van der Waals surface area contributed by atoms with E-state index in [1.165, 1.54) is 12.7 Å². The van der Waals surface area contributed by atoms with Crippen LogP contribution in [-0.2, 0) is 19.1 Å². The molecule has 0 amide bonds. The zero-order chi connectivity index (χ0) is 21.5. The average molecular weight is 373 g/mol. The second-order valence-corrected chi connectivity index (χ2v) is 6.73. The van der Waals surface area contributed by atoms with Crippen molar-refractivity contribution in [2.75, 3.05) is 7.11 Å². The SMILES string of the molecule is C=C(C)C(=O)OC.C=COC(=O)C(=C)C.CC(C)(C)C=Cc1ccccc1. The highest BCUT2D eigenvalue weighted by atomic mass is 16.5. The summed E-state index contributed by atoms with van der Waals surface area (Å²) in [6, 6.07) is 10.4. The summed E-state index contributed by atoms with van der Waals surface area (Å²) in [5.41, 5.74) is 2.36. The van der Waals surface area contributed by atoms with E-state index in [-0.39, 0.29) is 11.4 Å². The second kappa shape index (κ2) is 14.3. The highest BCUT2D eigenvalue weighted by Crippen LogP contribution is 2.16. The zero-order valence-corrected chi connectivity index (χ0v) is 17.4. The van der Waals surface area contributed by atoms with E-state index in [2.05, 4.69) is 86.4 Å². The van der Waals surface area contributed by atoms with Crippen molar-refractivity contribution in [3.8, 4) is 0 Å². The van der Waals surface area contributed by atoms with Gasteiger partial charge in [0, 0.05) is 11.1 Å². The Morgan fingerprint density at radius 3 is 1.70 bits per heavy atom. The van der Waals surface area contributed by atoms with Crippen LogP contribution in [0.1, 0.15) is 40.2 Å². The molecule has 0 aliphatic rings. The second-order valence-electron chi connectivity index (χ2n) is 6.73. The molecule has 1 aromatic rings. The van der Waals surface area contributed by atoms with Gasteiger partial charge in [0.15, 0.2) is 0 Å². The van der Waals surface area contributed by atoms with E-state index < -0.39 is 5.97 Å². The van der Waals surface area contributed by atoms with Gasteiger partial charge < -0.3 is 9.47 Å². The lowest BCUT2D eigenvalue weighted by Crippen LogP contribution is -1.98. The van der Waals surface area contributed by atoms with Crippen molar-refractivity contribution in [3.05, 3.63) is 79.1 Å². The van der Waals surface area contributed by atoms with Crippen molar-refractivity contribution in [2.45, 2.75) is 34.6 Å². The molecule has 1 aromatic carbocycles. The number of rotatable bonds is 4. The molecule has 148 valence electrons. The van der Waals surface area contributed by atoms with Gasteiger partial charge in [-0.1, -0.05) is 83.0 Å². The van der Waals surface area contributed by atoms with Gasteiger partial charge in [-0.2, -0.15) is 0 Å². The smallest absolute Gasteiger partial charge is 0.337 e. The van der Waals surface area contributed by atoms with Crippen LogP contribution in [0.2, 0.25) is 0 Å². The summed E-state index contributed by atoms with van der Waals surface area (Å²) >= 11 is 0. The van der Waals surface area contributed by atoms with Crippen LogP contribution in [0.5, 0.6) is 0 Å². The Labute approximate surface area is 163 Å². The van der Waals surface area contributed by atoms with Gasteiger partial charge in [0.1, 0.15) is 0 Å². The third kappa shape index (κ3) is 17.7. The highest BCUT2D eigenvalue weighted by molar-refractivity contribution is 5.87. The van der Waals surface area contributed by atoms with Crippen molar-refractivity contribution >= 4 is 18.0 Å². The van der Waals surface area contributed by atoms with Gasteiger partial charge in [0.25, 0.3) is 0 Å². The van der Waals surface area contributed by atoms with Gasteiger partial charge in [-0.25, -0.2) is 9.59 Å². The van der Waals surface area contributed by atoms with Crippen molar-refractivity contribution in [3.63, 3.8) is 0 Å². The van der Waals surface area contributed by atoms with Crippen LogP contribution >= 0.6 is 0 Å². The minimum atomic E-state index is -0.431. The Morgan fingerprint density at radius 2 is 1.44 bits per heavy atom. The van der Waals surface area contributed by atoms with Crippen molar-refractivity contribution < 1.29 is 19.1 Å². The molecule has 0 saturated heterocycles. The fourth-order valence-corrected chi connectivity index (χ4v) is 1.26. The molecule has 0 spiro atoms. The van der Waals surface area contributed by atoms with Crippen LogP contribution in [0.4, 0.5) is 0 Å². The average Bonchev–Trinajstić information content (AvgIpc) is 2.60. The van der Waals surface area contributed by atoms with Crippen LogP contribution in [0.25, 0.3) is 6.08 Å². The van der Waals surface area contributed by atoms with Gasteiger partial charge in [-0.05, 0) is 24.8 Å². The van der Waals surface area contributed by atoms with E-state index >= 15 is 0 Å². The molecule has 0 radical (unpaired) electrons. The van der Waals surface area contributed by atoms with E-state index in [0.29, 0.717) is 11.1 Å². The van der Waals surface area contributed by atoms with Crippen molar-refractivity contribution in [1.82, 2.24) is 0 Å². The van der Waals surface area contributed by atoms with Gasteiger partial charge in [0.2, 0.25) is 0 Å². The standard InChI is InChI=1S/C12H16.C6H8O2.C5H8O2/c1-12(2,3)10-9-11-7-5-4-6-8-11;1-4-8-6(7)5(2)3;1-4(2)5(6)7-3/h4-10H,1-3H3;4H,1-2H2,3H3;1H2,2-3H3. The van der Waals surface area contributed by atoms with Gasteiger partial charge in [-0.15, -0.1) is 0 Å². The topological polar surface area (TPSA) is 52.6 Å². The Balaban J connectivity index is 0. The molecule has 0 aliphatic carbocycles. The summed E-state index contributed by atoms with van der Waals surface area (Å²) in [6.07, 6.45) is 5.47. The first kappa shape index (κ1) is 26.4. The Kier molecular flexibility index (Phi) is 14.0. The molecular weight excluding hydrogens is 340 g/mol. The number of allylic oxidation sites excluding steroid dienone is 1. The molecule has 0 heterocycles. The van der Waals surface area contributed by atoms with E-state index in [4.69, 9.17) is 0 Å². The number of hydrogen-bond acceptors (Lipinski definition) is 4. The van der Waals surface area contributed by atoms with Crippen molar-refractivity contribution in [1.29, 1.82) is 0 Å². The molecule has 4 heteroatoms. The number of hydrogen-bond donors (Lipinski definition) is 0. The molecule has 4 nitrogen and oxygen atoms in total. The summed E-state index contributed by atoms with van der Waals surface area (Å²) in [7, 11) is 1.33. The summed E-state index contributed by atoms with van der Waals surface area (Å²) in [5.74, 6) is -0.778. The quantitative estimate of drug-likeness (QED) is 0.385. The van der Waals surface area contributed by atoms with Crippen LogP contribution in [-0.4, -0.2) is 19.0 Å². The van der Waals surface area contributed by atoms with Crippen LogP contribution in [0, 0.1) is 5.41 Å². The molecule has 0 aromatic heterocycles. The van der Waals surface area contributed by atoms with Gasteiger partial charge in [0.05, 0.1) is 13.4 Å². The number of benzene rings is 1. The fourth-order valence-electron chi connectivity index (χ4n) is 1.26.